The first-order valence-corrected chi connectivity index (χ1v) is 13.8. The second-order valence-corrected chi connectivity index (χ2v) is 10.9. The summed E-state index contributed by atoms with van der Waals surface area (Å²) in [7, 11) is 0. The Labute approximate surface area is 227 Å². The number of hydrogen-bond acceptors (Lipinski definition) is 3. The third kappa shape index (κ3) is 2.82. The van der Waals surface area contributed by atoms with Crippen molar-refractivity contribution in [1.29, 1.82) is 0 Å². The van der Waals surface area contributed by atoms with E-state index in [-0.39, 0.29) is 0 Å². The van der Waals surface area contributed by atoms with Crippen LogP contribution in [0.4, 0.5) is 0 Å². The fraction of sp³-hybridized carbons (Fsp3) is 0. The number of rotatable bonds is 2. The largest absolute Gasteiger partial charge is 0.294 e. The van der Waals surface area contributed by atoms with Crippen molar-refractivity contribution in [3.63, 3.8) is 0 Å². The first kappa shape index (κ1) is 21.0. The molecule has 9 aromatic rings. The van der Waals surface area contributed by atoms with Gasteiger partial charge in [-0.25, -0.2) is 9.97 Å². The van der Waals surface area contributed by atoms with E-state index in [0.717, 1.165) is 27.4 Å². The number of para-hydroxylation sites is 4. The molecule has 4 nitrogen and oxygen atoms in total. The van der Waals surface area contributed by atoms with Crippen LogP contribution >= 0.6 is 11.3 Å². The van der Waals surface area contributed by atoms with E-state index >= 15 is 0 Å². The number of thiophene rings is 1. The Kier molecular flexibility index (Phi) is 4.18. The van der Waals surface area contributed by atoms with Crippen LogP contribution in [0.1, 0.15) is 0 Å². The number of benzene rings is 4. The summed E-state index contributed by atoms with van der Waals surface area (Å²) in [5, 5.41) is 7.36. The first-order valence-electron chi connectivity index (χ1n) is 13.0. The Bertz CT molecular complexity index is 2300. The summed E-state index contributed by atoms with van der Waals surface area (Å²) in [6, 6.07) is 38.7. The van der Waals surface area contributed by atoms with Crippen molar-refractivity contribution in [3.05, 3.63) is 122 Å². The van der Waals surface area contributed by atoms with Crippen LogP contribution in [0.5, 0.6) is 0 Å². The topological polar surface area (TPSA) is 35.6 Å². The van der Waals surface area contributed by atoms with E-state index in [1.807, 2.05) is 12.4 Å². The lowest BCUT2D eigenvalue weighted by Gasteiger charge is -2.08. The van der Waals surface area contributed by atoms with Gasteiger partial charge in [0.2, 0.25) is 0 Å². The minimum Gasteiger partial charge on any atom is -0.294 e. The molecule has 0 saturated heterocycles. The lowest BCUT2D eigenvalue weighted by atomic mass is 10.2. The van der Waals surface area contributed by atoms with Crippen molar-refractivity contribution in [3.8, 4) is 11.6 Å². The molecule has 9 rings (SSSR count). The fourth-order valence-corrected chi connectivity index (χ4v) is 7.31. The fourth-order valence-electron chi connectivity index (χ4n) is 6.19. The number of nitrogens with zero attached hydrogens (tertiary/aromatic N) is 4. The predicted molar refractivity (Wildman–Crippen MR) is 164 cm³/mol. The van der Waals surface area contributed by atoms with Crippen LogP contribution in [0.2, 0.25) is 0 Å². The second kappa shape index (κ2) is 7.76. The molecule has 0 aliphatic rings. The SMILES string of the molecule is c1ccc2c(c1)c1ccccc1n2-c1cc2c(cn1)sc1c(-n3c4ccccc4c4ccccc43)nccc12. The second-order valence-electron chi connectivity index (χ2n) is 9.89. The minimum absolute atomic E-state index is 0.926. The van der Waals surface area contributed by atoms with Gasteiger partial charge in [-0.05, 0) is 36.4 Å². The van der Waals surface area contributed by atoms with Crippen LogP contribution < -0.4 is 0 Å². The van der Waals surface area contributed by atoms with Crippen LogP contribution in [-0.2, 0) is 0 Å². The lowest BCUT2D eigenvalue weighted by molar-refractivity contribution is 1.09. The molecular weight excluding hydrogens is 496 g/mol. The van der Waals surface area contributed by atoms with Crippen molar-refractivity contribution in [1.82, 2.24) is 19.1 Å². The molecule has 4 aromatic carbocycles. The lowest BCUT2D eigenvalue weighted by Crippen LogP contribution is -1.97. The summed E-state index contributed by atoms with van der Waals surface area (Å²) >= 11 is 1.76. The quantitative estimate of drug-likeness (QED) is 0.230. The van der Waals surface area contributed by atoms with Crippen molar-refractivity contribution in [2.75, 3.05) is 0 Å². The highest BCUT2D eigenvalue weighted by Crippen LogP contribution is 2.40. The summed E-state index contributed by atoms with van der Waals surface area (Å²) in [6.45, 7) is 0. The van der Waals surface area contributed by atoms with Gasteiger partial charge < -0.3 is 0 Å². The third-order valence-electron chi connectivity index (χ3n) is 7.84. The highest BCUT2D eigenvalue weighted by atomic mass is 32.1. The maximum Gasteiger partial charge on any atom is 0.155 e. The van der Waals surface area contributed by atoms with Crippen LogP contribution in [0, 0.1) is 0 Å². The number of fused-ring (bicyclic) bond motifs is 9. The van der Waals surface area contributed by atoms with Gasteiger partial charge >= 0.3 is 0 Å². The Morgan fingerprint density at radius 1 is 0.487 bits per heavy atom. The summed E-state index contributed by atoms with van der Waals surface area (Å²) in [5.74, 6) is 1.89. The molecule has 0 fully saturated rings. The standard InChI is InChI=1S/C34H20N4S/c1-5-13-27-21(9-1)22-10-2-6-14-28(22)37(27)32-19-26-25-17-18-35-34(33(25)39-31(26)20-36-32)38-29-15-7-3-11-23(29)24-12-4-8-16-30(24)38/h1-20H. The molecule has 0 N–H and O–H groups in total. The molecule has 5 aromatic heterocycles. The maximum absolute atomic E-state index is 4.98. The molecule has 0 radical (unpaired) electrons. The van der Waals surface area contributed by atoms with E-state index in [1.54, 1.807) is 11.3 Å². The average Bonchev–Trinajstić information content (AvgIpc) is 3.65. The smallest absolute Gasteiger partial charge is 0.155 e. The molecule has 0 atom stereocenters. The third-order valence-corrected chi connectivity index (χ3v) is 8.99. The van der Waals surface area contributed by atoms with Crippen LogP contribution in [-0.4, -0.2) is 19.1 Å². The summed E-state index contributed by atoms with van der Waals surface area (Å²) in [5.41, 5.74) is 4.66. The zero-order chi connectivity index (χ0) is 25.5. The molecule has 39 heavy (non-hydrogen) atoms. The average molecular weight is 517 g/mol. The van der Waals surface area contributed by atoms with Gasteiger partial charge in [0.05, 0.1) is 31.5 Å². The van der Waals surface area contributed by atoms with Gasteiger partial charge in [0.1, 0.15) is 5.82 Å². The Hall–Kier alpha value is -5.00. The predicted octanol–water partition coefficient (Wildman–Crippen LogP) is 9.04. The van der Waals surface area contributed by atoms with Crippen molar-refractivity contribution in [2.24, 2.45) is 0 Å². The summed E-state index contributed by atoms with van der Waals surface area (Å²) in [4.78, 5) is 9.93. The van der Waals surface area contributed by atoms with Crippen molar-refractivity contribution < 1.29 is 0 Å². The highest BCUT2D eigenvalue weighted by molar-refractivity contribution is 7.26. The Balaban J connectivity index is 1.34. The molecule has 0 saturated carbocycles. The van der Waals surface area contributed by atoms with E-state index in [4.69, 9.17) is 9.97 Å². The van der Waals surface area contributed by atoms with E-state index in [9.17, 15) is 0 Å². The van der Waals surface area contributed by atoms with Gasteiger partial charge in [0.25, 0.3) is 0 Å². The zero-order valence-electron chi connectivity index (χ0n) is 20.7. The molecule has 0 aliphatic heterocycles. The van der Waals surface area contributed by atoms with Crippen LogP contribution in [0.25, 0.3) is 75.4 Å². The molecule has 0 spiro atoms. The van der Waals surface area contributed by atoms with Gasteiger partial charge in [-0.1, -0.05) is 72.8 Å². The first-order chi connectivity index (χ1) is 19.4. The van der Waals surface area contributed by atoms with E-state index < -0.39 is 0 Å². The molecule has 0 amide bonds. The van der Waals surface area contributed by atoms with Crippen LogP contribution in [0.3, 0.4) is 0 Å². The zero-order valence-corrected chi connectivity index (χ0v) is 21.6. The van der Waals surface area contributed by atoms with E-state index in [2.05, 4.69) is 118 Å². The number of hydrogen-bond donors (Lipinski definition) is 0. The number of pyridine rings is 2. The molecular formula is C34H20N4S. The molecule has 0 bridgehead atoms. The molecule has 5 heterocycles. The van der Waals surface area contributed by atoms with E-state index in [0.29, 0.717) is 0 Å². The molecule has 0 aliphatic carbocycles. The summed E-state index contributed by atoms with van der Waals surface area (Å²) < 4.78 is 6.91. The molecule has 0 unspecified atom stereocenters. The maximum atomic E-state index is 4.98. The van der Waals surface area contributed by atoms with Crippen LogP contribution in [0.15, 0.2) is 122 Å². The monoisotopic (exact) mass is 516 g/mol. The Morgan fingerprint density at radius 2 is 1.00 bits per heavy atom. The summed E-state index contributed by atoms with van der Waals surface area (Å²) in [6.07, 6.45) is 3.96. The van der Waals surface area contributed by atoms with Gasteiger partial charge in [0, 0.05) is 44.7 Å². The molecule has 5 heteroatoms. The minimum atomic E-state index is 0.926. The highest BCUT2D eigenvalue weighted by Gasteiger charge is 2.19. The molecule has 182 valence electrons. The van der Waals surface area contributed by atoms with Gasteiger partial charge in [-0.3, -0.25) is 9.13 Å². The van der Waals surface area contributed by atoms with Crippen molar-refractivity contribution >= 4 is 75.1 Å². The normalized spacial score (nSPS) is 12.1. The van der Waals surface area contributed by atoms with E-state index in [1.165, 1.54) is 48.1 Å². The Morgan fingerprint density at radius 3 is 1.56 bits per heavy atom. The number of aromatic nitrogens is 4. The van der Waals surface area contributed by atoms with Crippen molar-refractivity contribution in [2.45, 2.75) is 0 Å². The van der Waals surface area contributed by atoms with Gasteiger partial charge in [0.15, 0.2) is 5.82 Å². The van der Waals surface area contributed by atoms with Gasteiger partial charge in [-0.15, -0.1) is 11.3 Å². The van der Waals surface area contributed by atoms with Gasteiger partial charge in [-0.2, -0.15) is 0 Å².